The first-order chi connectivity index (χ1) is 8.79. The molecule has 0 saturated carbocycles. The summed E-state index contributed by atoms with van der Waals surface area (Å²) in [6.45, 7) is 4.83. The molecule has 1 aromatic heterocycles. The molecule has 94 valence electrons. The fourth-order valence-electron chi connectivity index (χ4n) is 1.60. The lowest BCUT2D eigenvalue weighted by Crippen LogP contribution is -2.05. The van der Waals surface area contributed by atoms with E-state index in [0.29, 0.717) is 13.2 Å². The lowest BCUT2D eigenvalue weighted by Gasteiger charge is -2.08. The maximum atomic E-state index is 5.48. The third-order valence-corrected chi connectivity index (χ3v) is 2.57. The number of hydrogen-bond donors (Lipinski definition) is 1. The van der Waals surface area contributed by atoms with Crippen LogP contribution >= 0.6 is 0 Å². The summed E-state index contributed by atoms with van der Waals surface area (Å²) < 4.78 is 7.47. The van der Waals surface area contributed by atoms with E-state index in [1.165, 1.54) is 0 Å². The standard InChI is InChI=1S/C14H17N3O/c1-3-9-18-13-6-4-5-12(10-13)16-11-14-15-7-8-17(14)2/h3-8,10,16H,1,9,11H2,2H3. The van der Waals surface area contributed by atoms with Gasteiger partial charge in [-0.3, -0.25) is 0 Å². The van der Waals surface area contributed by atoms with Gasteiger partial charge in [0.2, 0.25) is 0 Å². The van der Waals surface area contributed by atoms with Crippen molar-refractivity contribution in [3.8, 4) is 5.75 Å². The van der Waals surface area contributed by atoms with Gasteiger partial charge in [-0.15, -0.1) is 0 Å². The molecule has 0 fully saturated rings. The van der Waals surface area contributed by atoms with E-state index < -0.39 is 0 Å². The molecule has 0 aliphatic rings. The Balaban J connectivity index is 1.97. The highest BCUT2D eigenvalue weighted by molar-refractivity contribution is 5.48. The van der Waals surface area contributed by atoms with Gasteiger partial charge in [0, 0.05) is 31.2 Å². The van der Waals surface area contributed by atoms with Gasteiger partial charge in [0.15, 0.2) is 0 Å². The topological polar surface area (TPSA) is 39.1 Å². The van der Waals surface area contributed by atoms with Gasteiger partial charge in [0.05, 0.1) is 6.54 Å². The van der Waals surface area contributed by atoms with Crippen LogP contribution in [0.5, 0.6) is 5.75 Å². The van der Waals surface area contributed by atoms with Crippen LogP contribution in [-0.2, 0) is 13.6 Å². The molecule has 0 saturated heterocycles. The van der Waals surface area contributed by atoms with Crippen LogP contribution in [0.2, 0.25) is 0 Å². The third kappa shape index (κ3) is 3.13. The number of rotatable bonds is 6. The zero-order valence-electron chi connectivity index (χ0n) is 10.5. The smallest absolute Gasteiger partial charge is 0.127 e. The van der Waals surface area contributed by atoms with Crippen LogP contribution in [0.25, 0.3) is 0 Å². The molecule has 2 aromatic rings. The maximum Gasteiger partial charge on any atom is 0.127 e. The quantitative estimate of drug-likeness (QED) is 0.793. The predicted octanol–water partition coefficient (Wildman–Crippen LogP) is 2.60. The van der Waals surface area contributed by atoms with Gasteiger partial charge in [0.1, 0.15) is 18.2 Å². The van der Waals surface area contributed by atoms with Gasteiger partial charge >= 0.3 is 0 Å². The summed E-state index contributed by atoms with van der Waals surface area (Å²) in [5.74, 6) is 1.83. The zero-order valence-corrected chi connectivity index (χ0v) is 10.5. The van der Waals surface area contributed by atoms with Crippen LogP contribution < -0.4 is 10.1 Å². The number of benzene rings is 1. The minimum absolute atomic E-state index is 0.517. The van der Waals surface area contributed by atoms with Crippen LogP contribution in [0.3, 0.4) is 0 Å². The van der Waals surface area contributed by atoms with Crippen molar-refractivity contribution in [3.63, 3.8) is 0 Å². The van der Waals surface area contributed by atoms with Crippen molar-refractivity contribution in [1.82, 2.24) is 9.55 Å². The molecule has 4 heteroatoms. The molecule has 0 spiro atoms. The number of aromatic nitrogens is 2. The highest BCUT2D eigenvalue weighted by Crippen LogP contribution is 2.17. The Morgan fingerprint density at radius 2 is 2.39 bits per heavy atom. The first-order valence-electron chi connectivity index (χ1n) is 5.83. The van der Waals surface area contributed by atoms with Crippen molar-refractivity contribution in [2.45, 2.75) is 6.54 Å². The molecular weight excluding hydrogens is 226 g/mol. The molecule has 1 heterocycles. The van der Waals surface area contributed by atoms with Gasteiger partial charge in [-0.05, 0) is 12.1 Å². The van der Waals surface area contributed by atoms with Crippen LogP contribution in [0.4, 0.5) is 5.69 Å². The summed E-state index contributed by atoms with van der Waals surface area (Å²) >= 11 is 0. The first-order valence-corrected chi connectivity index (χ1v) is 5.83. The van der Waals surface area contributed by atoms with Crippen LogP contribution in [0.1, 0.15) is 5.82 Å². The minimum Gasteiger partial charge on any atom is -0.489 e. The van der Waals surface area contributed by atoms with E-state index in [1.54, 1.807) is 12.3 Å². The highest BCUT2D eigenvalue weighted by atomic mass is 16.5. The molecule has 1 N–H and O–H groups in total. The van der Waals surface area contributed by atoms with E-state index in [1.807, 2.05) is 42.1 Å². The van der Waals surface area contributed by atoms with Gasteiger partial charge in [-0.1, -0.05) is 18.7 Å². The Kier molecular flexibility index (Phi) is 4.02. The molecule has 18 heavy (non-hydrogen) atoms. The van der Waals surface area contributed by atoms with Crippen LogP contribution in [0, 0.1) is 0 Å². The van der Waals surface area contributed by atoms with Crippen LogP contribution in [0.15, 0.2) is 49.3 Å². The van der Waals surface area contributed by atoms with E-state index in [0.717, 1.165) is 17.3 Å². The molecule has 0 atom stereocenters. The van der Waals surface area contributed by atoms with Crippen molar-refractivity contribution in [1.29, 1.82) is 0 Å². The number of hydrogen-bond acceptors (Lipinski definition) is 3. The molecule has 1 aromatic carbocycles. The molecule has 0 radical (unpaired) electrons. The molecule has 0 aliphatic heterocycles. The zero-order chi connectivity index (χ0) is 12.8. The van der Waals surface area contributed by atoms with E-state index in [-0.39, 0.29) is 0 Å². The molecular formula is C14H17N3O. The number of nitrogens with zero attached hydrogens (tertiary/aromatic N) is 2. The van der Waals surface area contributed by atoms with Gasteiger partial charge in [-0.2, -0.15) is 0 Å². The molecule has 2 rings (SSSR count). The number of ether oxygens (including phenoxy) is 1. The summed E-state index contributed by atoms with van der Waals surface area (Å²) in [6, 6.07) is 7.85. The fourth-order valence-corrected chi connectivity index (χ4v) is 1.60. The summed E-state index contributed by atoms with van der Waals surface area (Å²) in [7, 11) is 1.98. The minimum atomic E-state index is 0.517. The number of anilines is 1. The van der Waals surface area contributed by atoms with Crippen molar-refractivity contribution in [3.05, 3.63) is 55.1 Å². The Hall–Kier alpha value is -2.23. The molecule has 0 amide bonds. The summed E-state index contributed by atoms with van der Waals surface area (Å²) in [5.41, 5.74) is 1.01. The average Bonchev–Trinajstić information content (AvgIpc) is 2.80. The number of nitrogens with one attached hydrogen (secondary N) is 1. The van der Waals surface area contributed by atoms with E-state index in [9.17, 15) is 0 Å². The Labute approximate surface area is 107 Å². The fraction of sp³-hybridized carbons (Fsp3) is 0.214. The second-order valence-electron chi connectivity index (χ2n) is 3.94. The predicted molar refractivity (Wildman–Crippen MR) is 72.7 cm³/mol. The van der Waals surface area contributed by atoms with Crippen molar-refractivity contribution < 1.29 is 4.74 Å². The number of aryl methyl sites for hydroxylation is 1. The monoisotopic (exact) mass is 243 g/mol. The lowest BCUT2D eigenvalue weighted by atomic mass is 10.3. The Morgan fingerprint density at radius 1 is 1.50 bits per heavy atom. The SMILES string of the molecule is C=CCOc1cccc(NCc2nccn2C)c1. The largest absolute Gasteiger partial charge is 0.489 e. The van der Waals surface area contributed by atoms with Crippen molar-refractivity contribution >= 4 is 5.69 Å². The van der Waals surface area contributed by atoms with E-state index in [2.05, 4.69) is 16.9 Å². The Morgan fingerprint density at radius 3 is 3.11 bits per heavy atom. The third-order valence-electron chi connectivity index (χ3n) is 2.57. The number of imidazole rings is 1. The van der Waals surface area contributed by atoms with Gasteiger partial charge in [0.25, 0.3) is 0 Å². The first kappa shape index (κ1) is 12.2. The lowest BCUT2D eigenvalue weighted by molar-refractivity contribution is 0.363. The summed E-state index contributed by atoms with van der Waals surface area (Å²) in [6.07, 6.45) is 5.45. The van der Waals surface area contributed by atoms with Crippen molar-refractivity contribution in [2.75, 3.05) is 11.9 Å². The molecule has 0 aliphatic carbocycles. The average molecular weight is 243 g/mol. The molecule has 0 bridgehead atoms. The van der Waals surface area contributed by atoms with Crippen LogP contribution in [-0.4, -0.2) is 16.2 Å². The van der Waals surface area contributed by atoms with Gasteiger partial charge in [-0.25, -0.2) is 4.98 Å². The van der Waals surface area contributed by atoms with Crippen molar-refractivity contribution in [2.24, 2.45) is 7.05 Å². The normalized spacial score (nSPS) is 10.1. The molecule has 0 unspecified atom stereocenters. The van der Waals surface area contributed by atoms with E-state index >= 15 is 0 Å². The van der Waals surface area contributed by atoms with Gasteiger partial charge < -0.3 is 14.6 Å². The Bertz CT molecular complexity index is 519. The second-order valence-corrected chi connectivity index (χ2v) is 3.94. The van der Waals surface area contributed by atoms with E-state index in [4.69, 9.17) is 4.74 Å². The summed E-state index contributed by atoms with van der Waals surface area (Å²) in [5, 5.41) is 3.32. The summed E-state index contributed by atoms with van der Waals surface area (Å²) in [4.78, 5) is 4.26. The maximum absolute atomic E-state index is 5.48. The molecule has 4 nitrogen and oxygen atoms in total. The highest BCUT2D eigenvalue weighted by Gasteiger charge is 2.00. The second kappa shape index (κ2) is 5.91.